The quantitative estimate of drug-likeness (QED) is 0.568. The molecule has 0 aromatic carbocycles. The Morgan fingerprint density at radius 3 is 2.78 bits per heavy atom. The molecule has 23 heavy (non-hydrogen) atoms. The molecule has 130 valence electrons. The van der Waals surface area contributed by atoms with Crippen molar-refractivity contribution >= 4 is 13.2 Å². The lowest BCUT2D eigenvalue weighted by molar-refractivity contribution is -0.168. The van der Waals surface area contributed by atoms with Crippen molar-refractivity contribution in [3.8, 4) is 0 Å². The Morgan fingerprint density at radius 1 is 1.48 bits per heavy atom. The van der Waals surface area contributed by atoms with Gasteiger partial charge in [0.2, 0.25) is 7.37 Å². The van der Waals surface area contributed by atoms with Crippen LogP contribution in [-0.2, 0) is 18.6 Å². The SMILES string of the molecule is CCOP(C)(=O)COC1OC(n2ccc(N)nc2=O)C(O)C1O. The Kier molecular flexibility index (Phi) is 5.56. The van der Waals surface area contributed by atoms with Crippen LogP contribution in [0.4, 0.5) is 5.82 Å². The van der Waals surface area contributed by atoms with E-state index in [2.05, 4.69) is 4.98 Å². The summed E-state index contributed by atoms with van der Waals surface area (Å²) in [6.07, 6.45) is -4.31. The van der Waals surface area contributed by atoms with E-state index in [0.29, 0.717) is 0 Å². The first-order chi connectivity index (χ1) is 10.7. The van der Waals surface area contributed by atoms with Crippen molar-refractivity contribution < 1.29 is 28.8 Å². The van der Waals surface area contributed by atoms with Gasteiger partial charge in [-0.05, 0) is 13.0 Å². The van der Waals surface area contributed by atoms with E-state index in [0.717, 1.165) is 4.57 Å². The van der Waals surface area contributed by atoms with Crippen LogP contribution in [0.25, 0.3) is 0 Å². The molecule has 2 rings (SSSR count). The number of hydrogen-bond acceptors (Lipinski definition) is 9. The molecule has 5 unspecified atom stereocenters. The molecule has 1 aliphatic rings. The number of nitrogens with zero attached hydrogens (tertiary/aromatic N) is 2. The van der Waals surface area contributed by atoms with Gasteiger partial charge >= 0.3 is 5.69 Å². The van der Waals surface area contributed by atoms with E-state index < -0.39 is 37.8 Å². The molecular weight excluding hydrogens is 329 g/mol. The molecule has 1 aliphatic heterocycles. The van der Waals surface area contributed by atoms with Gasteiger partial charge in [0.05, 0.1) is 6.61 Å². The molecule has 11 heteroatoms. The lowest BCUT2D eigenvalue weighted by atomic mass is 10.2. The molecule has 5 atom stereocenters. The number of hydrogen-bond donors (Lipinski definition) is 3. The van der Waals surface area contributed by atoms with Crippen molar-refractivity contribution in [1.29, 1.82) is 0 Å². The fourth-order valence-electron chi connectivity index (χ4n) is 2.13. The molecule has 0 amide bonds. The second-order valence-corrected chi connectivity index (χ2v) is 7.69. The van der Waals surface area contributed by atoms with Crippen molar-refractivity contribution in [2.45, 2.75) is 31.6 Å². The first-order valence-corrected chi connectivity index (χ1v) is 9.20. The van der Waals surface area contributed by atoms with E-state index in [9.17, 15) is 19.6 Å². The molecule has 1 aromatic rings. The van der Waals surface area contributed by atoms with Crippen molar-refractivity contribution in [2.75, 3.05) is 25.4 Å². The molecule has 10 nitrogen and oxygen atoms in total. The van der Waals surface area contributed by atoms with E-state index in [4.69, 9.17) is 19.7 Å². The maximum Gasteiger partial charge on any atom is 0.351 e. The number of anilines is 1. The van der Waals surface area contributed by atoms with Crippen LogP contribution in [0.1, 0.15) is 13.2 Å². The average Bonchev–Trinajstić information content (AvgIpc) is 2.73. The van der Waals surface area contributed by atoms with E-state index in [1.54, 1.807) is 6.92 Å². The van der Waals surface area contributed by atoms with Crippen LogP contribution in [0, 0.1) is 0 Å². The van der Waals surface area contributed by atoms with E-state index in [-0.39, 0.29) is 18.8 Å². The van der Waals surface area contributed by atoms with Crippen LogP contribution >= 0.6 is 7.37 Å². The summed E-state index contributed by atoms with van der Waals surface area (Å²) in [5.74, 6) is 0.0238. The predicted octanol–water partition coefficient (Wildman–Crippen LogP) is -0.679. The van der Waals surface area contributed by atoms with Gasteiger partial charge in [0.25, 0.3) is 0 Å². The Hall–Kier alpha value is -1.29. The lowest BCUT2D eigenvalue weighted by Gasteiger charge is -2.19. The third-order valence-corrected chi connectivity index (χ3v) is 4.62. The normalized spacial score (nSPS) is 30.3. The zero-order valence-corrected chi connectivity index (χ0v) is 13.6. The van der Waals surface area contributed by atoms with Crippen molar-refractivity contribution in [3.05, 3.63) is 22.7 Å². The fraction of sp³-hybridized carbons (Fsp3) is 0.667. The molecule has 4 N–H and O–H groups in total. The van der Waals surface area contributed by atoms with Crippen LogP contribution in [0.15, 0.2) is 17.1 Å². The van der Waals surface area contributed by atoms with Crippen LogP contribution in [0.3, 0.4) is 0 Å². The highest BCUT2D eigenvalue weighted by molar-refractivity contribution is 7.57. The minimum Gasteiger partial charge on any atom is -0.385 e. The highest BCUT2D eigenvalue weighted by atomic mass is 31.2. The van der Waals surface area contributed by atoms with Crippen molar-refractivity contribution in [1.82, 2.24) is 9.55 Å². The number of aromatic nitrogens is 2. The summed E-state index contributed by atoms with van der Waals surface area (Å²) in [7, 11) is -2.99. The van der Waals surface area contributed by atoms with E-state index in [1.807, 2.05) is 0 Å². The minimum absolute atomic E-state index is 0.0238. The molecule has 0 spiro atoms. The second-order valence-electron chi connectivity index (χ2n) is 5.15. The Morgan fingerprint density at radius 2 is 2.17 bits per heavy atom. The highest BCUT2D eigenvalue weighted by Gasteiger charge is 2.45. The highest BCUT2D eigenvalue weighted by Crippen LogP contribution is 2.43. The molecule has 0 radical (unpaired) electrons. The average molecular weight is 349 g/mol. The number of ether oxygens (including phenoxy) is 2. The summed E-state index contributed by atoms with van der Waals surface area (Å²) in [5, 5.41) is 20.0. The second kappa shape index (κ2) is 7.08. The minimum atomic E-state index is -2.99. The number of aliphatic hydroxyl groups is 2. The Labute approximate surface area is 132 Å². The van der Waals surface area contributed by atoms with Crippen LogP contribution in [0.5, 0.6) is 0 Å². The van der Waals surface area contributed by atoms with Gasteiger partial charge in [-0.15, -0.1) is 0 Å². The molecular formula is C12H20N3O7P. The van der Waals surface area contributed by atoms with Gasteiger partial charge in [0.1, 0.15) is 24.4 Å². The van der Waals surface area contributed by atoms with Gasteiger partial charge in [-0.3, -0.25) is 9.13 Å². The van der Waals surface area contributed by atoms with Gasteiger partial charge in [0.15, 0.2) is 12.5 Å². The first-order valence-electron chi connectivity index (χ1n) is 6.94. The monoisotopic (exact) mass is 349 g/mol. The van der Waals surface area contributed by atoms with Gasteiger partial charge in [0, 0.05) is 12.9 Å². The zero-order chi connectivity index (χ0) is 17.2. The Balaban J connectivity index is 2.09. The molecule has 1 saturated heterocycles. The standard InChI is InChI=1S/C12H20N3O7P/c1-3-21-23(2,19)6-20-11-9(17)8(16)10(22-11)15-5-4-7(13)14-12(15)18/h4-5,8-11,16-17H,3,6H2,1-2H3,(H2,13,14,18). The molecule has 0 aliphatic carbocycles. The molecule has 0 saturated carbocycles. The maximum atomic E-state index is 12.0. The number of nitrogens with two attached hydrogens (primary N) is 1. The van der Waals surface area contributed by atoms with Crippen LogP contribution in [0.2, 0.25) is 0 Å². The summed E-state index contributed by atoms with van der Waals surface area (Å²) in [6, 6.07) is 1.35. The first kappa shape index (κ1) is 18.1. The van der Waals surface area contributed by atoms with E-state index >= 15 is 0 Å². The molecule has 1 aromatic heterocycles. The topological polar surface area (TPSA) is 146 Å². The van der Waals surface area contributed by atoms with Crippen molar-refractivity contribution in [2.24, 2.45) is 0 Å². The molecule has 1 fully saturated rings. The van der Waals surface area contributed by atoms with Crippen LogP contribution < -0.4 is 11.4 Å². The molecule has 2 heterocycles. The number of aliphatic hydroxyl groups excluding tert-OH is 2. The summed E-state index contributed by atoms with van der Waals surface area (Å²) in [5.41, 5.74) is 4.65. The fourth-order valence-corrected chi connectivity index (χ4v) is 3.17. The smallest absolute Gasteiger partial charge is 0.351 e. The van der Waals surface area contributed by atoms with E-state index in [1.165, 1.54) is 18.9 Å². The van der Waals surface area contributed by atoms with Crippen LogP contribution in [-0.4, -0.2) is 57.9 Å². The summed E-state index contributed by atoms with van der Waals surface area (Å²) in [4.78, 5) is 15.3. The lowest BCUT2D eigenvalue weighted by Crippen LogP contribution is -2.36. The molecule has 0 bridgehead atoms. The Bertz CT molecular complexity index is 652. The number of rotatable bonds is 6. The zero-order valence-electron chi connectivity index (χ0n) is 12.7. The van der Waals surface area contributed by atoms with Crippen molar-refractivity contribution in [3.63, 3.8) is 0 Å². The third-order valence-electron chi connectivity index (χ3n) is 3.20. The number of nitrogen functional groups attached to an aromatic ring is 1. The summed E-state index contributed by atoms with van der Waals surface area (Å²) < 4.78 is 28.6. The van der Waals surface area contributed by atoms with Gasteiger partial charge < -0.3 is 29.9 Å². The van der Waals surface area contributed by atoms with Gasteiger partial charge in [-0.1, -0.05) is 0 Å². The van der Waals surface area contributed by atoms with Gasteiger partial charge in [-0.25, -0.2) is 4.79 Å². The third kappa shape index (κ3) is 4.17. The largest absolute Gasteiger partial charge is 0.385 e. The summed E-state index contributed by atoms with van der Waals surface area (Å²) in [6.45, 7) is 3.33. The predicted molar refractivity (Wildman–Crippen MR) is 79.9 cm³/mol. The summed E-state index contributed by atoms with van der Waals surface area (Å²) >= 11 is 0. The van der Waals surface area contributed by atoms with Gasteiger partial charge in [-0.2, -0.15) is 4.98 Å². The maximum absolute atomic E-state index is 12.0.